The SMILES string of the molecule is C[CH]C(C(CCCCCC)CCCCCN)N1CCN(C)CC1. The molecule has 3 heteroatoms. The van der Waals surface area contributed by atoms with Crippen LogP contribution in [0.3, 0.4) is 0 Å². The van der Waals surface area contributed by atoms with Crippen LogP contribution in [0.15, 0.2) is 0 Å². The van der Waals surface area contributed by atoms with Crippen molar-refractivity contribution in [2.45, 2.75) is 77.7 Å². The van der Waals surface area contributed by atoms with Crippen LogP contribution in [0.4, 0.5) is 0 Å². The molecule has 0 aliphatic carbocycles. The van der Waals surface area contributed by atoms with Crippen molar-refractivity contribution in [1.29, 1.82) is 0 Å². The molecule has 1 saturated heterocycles. The summed E-state index contributed by atoms with van der Waals surface area (Å²) in [5.74, 6) is 0.845. The van der Waals surface area contributed by atoms with Crippen LogP contribution in [0, 0.1) is 12.3 Å². The summed E-state index contributed by atoms with van der Waals surface area (Å²) in [5.41, 5.74) is 5.66. The topological polar surface area (TPSA) is 32.5 Å². The van der Waals surface area contributed by atoms with Gasteiger partial charge in [-0.15, -0.1) is 0 Å². The highest BCUT2D eigenvalue weighted by molar-refractivity contribution is 4.90. The van der Waals surface area contributed by atoms with Gasteiger partial charge in [-0.3, -0.25) is 4.90 Å². The zero-order chi connectivity index (χ0) is 16.9. The van der Waals surface area contributed by atoms with Crippen molar-refractivity contribution in [2.75, 3.05) is 39.8 Å². The number of unbranched alkanes of at least 4 members (excludes halogenated alkanes) is 5. The van der Waals surface area contributed by atoms with Crippen LogP contribution in [0.5, 0.6) is 0 Å². The molecule has 1 radical (unpaired) electrons. The Morgan fingerprint density at radius 3 is 2.04 bits per heavy atom. The number of likely N-dealkylation sites (N-methyl/N-ethyl adjacent to an activating group) is 1. The summed E-state index contributed by atoms with van der Waals surface area (Å²) in [6.07, 6.45) is 14.7. The van der Waals surface area contributed by atoms with Crippen molar-refractivity contribution >= 4 is 0 Å². The van der Waals surface area contributed by atoms with Gasteiger partial charge in [0, 0.05) is 32.2 Å². The lowest BCUT2D eigenvalue weighted by Gasteiger charge is -2.41. The quantitative estimate of drug-likeness (QED) is 0.521. The zero-order valence-corrected chi connectivity index (χ0v) is 16.1. The van der Waals surface area contributed by atoms with Crippen molar-refractivity contribution in [3.63, 3.8) is 0 Å². The van der Waals surface area contributed by atoms with Gasteiger partial charge in [0.1, 0.15) is 0 Å². The maximum Gasteiger partial charge on any atom is 0.0153 e. The molecule has 0 aromatic heterocycles. The highest BCUT2D eigenvalue weighted by Crippen LogP contribution is 2.27. The van der Waals surface area contributed by atoms with Crippen LogP contribution in [-0.2, 0) is 0 Å². The fourth-order valence-electron chi connectivity index (χ4n) is 3.95. The van der Waals surface area contributed by atoms with E-state index in [0.717, 1.165) is 12.5 Å². The van der Waals surface area contributed by atoms with Crippen LogP contribution in [0.25, 0.3) is 0 Å². The van der Waals surface area contributed by atoms with Gasteiger partial charge in [-0.05, 0) is 45.2 Å². The van der Waals surface area contributed by atoms with Crippen LogP contribution >= 0.6 is 0 Å². The van der Waals surface area contributed by atoms with Crippen molar-refractivity contribution in [1.82, 2.24) is 9.80 Å². The molecule has 0 bridgehead atoms. The standard InChI is InChI=1S/C20H42N3/c1-4-6-7-9-12-19(13-10-8-11-14-21)20(5-2)23-17-15-22(3)16-18-23/h5,19-20H,4,6-18,21H2,1-3H3. The van der Waals surface area contributed by atoms with Gasteiger partial charge >= 0.3 is 0 Å². The Bertz CT molecular complexity index is 250. The second-order valence-corrected chi connectivity index (χ2v) is 7.41. The van der Waals surface area contributed by atoms with Gasteiger partial charge in [0.2, 0.25) is 0 Å². The van der Waals surface area contributed by atoms with Crippen LogP contribution in [-0.4, -0.2) is 55.6 Å². The van der Waals surface area contributed by atoms with E-state index >= 15 is 0 Å². The minimum Gasteiger partial charge on any atom is -0.330 e. The molecule has 23 heavy (non-hydrogen) atoms. The second-order valence-electron chi connectivity index (χ2n) is 7.41. The normalized spacial score (nSPS) is 19.8. The first-order valence-electron chi connectivity index (χ1n) is 10.1. The average molecular weight is 325 g/mol. The molecule has 2 atom stereocenters. The molecule has 2 unspecified atom stereocenters. The van der Waals surface area contributed by atoms with E-state index in [2.05, 4.69) is 37.1 Å². The van der Waals surface area contributed by atoms with E-state index in [1.54, 1.807) is 0 Å². The van der Waals surface area contributed by atoms with Crippen molar-refractivity contribution in [2.24, 2.45) is 11.7 Å². The van der Waals surface area contributed by atoms with Crippen molar-refractivity contribution in [3.05, 3.63) is 6.42 Å². The third kappa shape index (κ3) is 8.51. The largest absolute Gasteiger partial charge is 0.330 e. The fourth-order valence-corrected chi connectivity index (χ4v) is 3.95. The van der Waals surface area contributed by atoms with E-state index in [4.69, 9.17) is 5.73 Å². The average Bonchev–Trinajstić information content (AvgIpc) is 2.57. The molecule has 1 fully saturated rings. The summed E-state index contributed by atoms with van der Waals surface area (Å²) in [7, 11) is 2.25. The van der Waals surface area contributed by atoms with Gasteiger partial charge in [0.25, 0.3) is 0 Å². The molecule has 1 aliphatic heterocycles. The lowest BCUT2D eigenvalue weighted by atomic mass is 9.85. The summed E-state index contributed by atoms with van der Waals surface area (Å²) < 4.78 is 0. The van der Waals surface area contributed by atoms with Gasteiger partial charge in [0.15, 0.2) is 0 Å². The van der Waals surface area contributed by atoms with Gasteiger partial charge in [0.05, 0.1) is 0 Å². The van der Waals surface area contributed by atoms with E-state index in [-0.39, 0.29) is 0 Å². The number of piperazine rings is 1. The minimum absolute atomic E-state index is 0.684. The number of nitrogens with zero attached hydrogens (tertiary/aromatic N) is 2. The Morgan fingerprint density at radius 1 is 0.913 bits per heavy atom. The maximum absolute atomic E-state index is 5.66. The fraction of sp³-hybridized carbons (Fsp3) is 0.950. The van der Waals surface area contributed by atoms with E-state index < -0.39 is 0 Å². The molecule has 2 N–H and O–H groups in total. The summed E-state index contributed by atoms with van der Waals surface area (Å²) in [5, 5.41) is 0. The van der Waals surface area contributed by atoms with Gasteiger partial charge in [-0.25, -0.2) is 0 Å². The summed E-state index contributed by atoms with van der Waals surface area (Å²) in [6.45, 7) is 10.3. The first kappa shape index (κ1) is 20.9. The summed E-state index contributed by atoms with van der Waals surface area (Å²) >= 11 is 0. The first-order chi connectivity index (χ1) is 11.2. The molecule has 1 rings (SSSR count). The predicted octanol–water partition coefficient (Wildman–Crippen LogP) is 3.93. The van der Waals surface area contributed by atoms with Gasteiger partial charge in [-0.2, -0.15) is 0 Å². The Balaban J connectivity index is 2.50. The number of nitrogens with two attached hydrogens (primary N) is 1. The minimum atomic E-state index is 0.684. The molecule has 0 saturated carbocycles. The lowest BCUT2D eigenvalue weighted by molar-refractivity contribution is 0.0883. The van der Waals surface area contributed by atoms with Gasteiger partial charge in [-0.1, -0.05) is 52.4 Å². The predicted molar refractivity (Wildman–Crippen MR) is 103 cm³/mol. The number of hydrogen-bond acceptors (Lipinski definition) is 3. The molecular formula is C20H42N3. The van der Waals surface area contributed by atoms with E-state index in [0.29, 0.717) is 6.04 Å². The maximum atomic E-state index is 5.66. The highest BCUT2D eigenvalue weighted by atomic mass is 15.3. The molecule has 3 nitrogen and oxygen atoms in total. The van der Waals surface area contributed by atoms with Crippen molar-refractivity contribution in [3.8, 4) is 0 Å². The molecule has 0 spiro atoms. The summed E-state index contributed by atoms with van der Waals surface area (Å²) in [4.78, 5) is 5.20. The van der Waals surface area contributed by atoms with Crippen LogP contribution < -0.4 is 5.73 Å². The van der Waals surface area contributed by atoms with Crippen LogP contribution in [0.1, 0.15) is 71.6 Å². The van der Waals surface area contributed by atoms with E-state index in [1.807, 2.05) is 0 Å². The van der Waals surface area contributed by atoms with E-state index in [1.165, 1.54) is 84.0 Å². The molecule has 0 aromatic carbocycles. The third-order valence-corrected chi connectivity index (χ3v) is 5.49. The molecule has 137 valence electrons. The van der Waals surface area contributed by atoms with Gasteiger partial charge < -0.3 is 10.6 Å². The zero-order valence-electron chi connectivity index (χ0n) is 16.1. The molecule has 0 amide bonds. The Morgan fingerprint density at radius 2 is 1.52 bits per heavy atom. The lowest BCUT2D eigenvalue weighted by Crippen LogP contribution is -2.51. The molecule has 0 aromatic rings. The first-order valence-corrected chi connectivity index (χ1v) is 10.1. The number of rotatable bonds is 13. The third-order valence-electron chi connectivity index (χ3n) is 5.49. The Kier molecular flexibility index (Phi) is 12.0. The molecule has 1 aliphatic rings. The monoisotopic (exact) mass is 324 g/mol. The smallest absolute Gasteiger partial charge is 0.0153 e. The summed E-state index contributed by atoms with van der Waals surface area (Å²) in [6, 6.07) is 0.684. The van der Waals surface area contributed by atoms with Crippen molar-refractivity contribution < 1.29 is 0 Å². The van der Waals surface area contributed by atoms with E-state index in [9.17, 15) is 0 Å². The van der Waals surface area contributed by atoms with Crippen LogP contribution in [0.2, 0.25) is 0 Å². The highest BCUT2D eigenvalue weighted by Gasteiger charge is 2.27. The Labute approximate surface area is 146 Å². The Hall–Kier alpha value is -0.120. The molecule has 1 heterocycles. The second kappa shape index (κ2) is 13.2. The number of hydrogen-bond donors (Lipinski definition) is 1. The molecular weight excluding hydrogens is 282 g/mol.